The van der Waals surface area contributed by atoms with Gasteiger partial charge in [-0.3, -0.25) is 9.58 Å². The fourth-order valence-electron chi connectivity index (χ4n) is 2.62. The van der Waals surface area contributed by atoms with Gasteiger partial charge in [-0.15, -0.1) is 11.3 Å². The van der Waals surface area contributed by atoms with Crippen molar-refractivity contribution < 1.29 is 9.53 Å². The number of rotatable bonds is 4. The second-order valence-corrected chi connectivity index (χ2v) is 7.58. The highest BCUT2D eigenvalue weighted by Crippen LogP contribution is 2.31. The Hall–Kier alpha value is -1.31. The molecule has 0 aliphatic carbocycles. The molecule has 0 saturated carbocycles. The van der Waals surface area contributed by atoms with E-state index >= 15 is 0 Å². The monoisotopic (exact) mass is 337 g/mol. The number of ether oxygens (including phenoxy) is 1. The van der Waals surface area contributed by atoms with Crippen LogP contribution in [0.3, 0.4) is 0 Å². The van der Waals surface area contributed by atoms with Gasteiger partial charge >= 0.3 is 5.97 Å². The molecule has 1 saturated heterocycles. The van der Waals surface area contributed by atoms with Gasteiger partial charge in [0.1, 0.15) is 4.88 Å². The van der Waals surface area contributed by atoms with Crippen molar-refractivity contribution >= 4 is 29.1 Å². The van der Waals surface area contributed by atoms with E-state index < -0.39 is 0 Å². The predicted molar refractivity (Wildman–Crippen MR) is 89.3 cm³/mol. The number of methoxy groups -OCH3 is 1. The molecule has 1 aliphatic heterocycles. The molecule has 0 amide bonds. The number of carbonyl (C=O) groups excluding carboxylic acids is 1. The second-order valence-electron chi connectivity index (χ2n) is 5.27. The molecule has 5 nitrogen and oxygen atoms in total. The SMILES string of the molecule is COC(=O)c1ccc(CN2CCSC[C@H]2c2cnn(C)c2)s1. The summed E-state index contributed by atoms with van der Waals surface area (Å²) >= 11 is 3.50. The van der Waals surface area contributed by atoms with Gasteiger partial charge in [0, 0.05) is 54.3 Å². The Morgan fingerprint density at radius 3 is 3.09 bits per heavy atom. The van der Waals surface area contributed by atoms with Crippen molar-refractivity contribution in [3.8, 4) is 0 Å². The van der Waals surface area contributed by atoms with E-state index in [0.717, 1.165) is 24.6 Å². The smallest absolute Gasteiger partial charge is 0.348 e. The number of hydrogen-bond donors (Lipinski definition) is 0. The first-order valence-electron chi connectivity index (χ1n) is 7.14. The third-order valence-corrected chi connectivity index (χ3v) is 5.83. The van der Waals surface area contributed by atoms with Gasteiger partial charge in [-0.05, 0) is 12.1 Å². The van der Waals surface area contributed by atoms with Gasteiger partial charge in [0.15, 0.2) is 0 Å². The summed E-state index contributed by atoms with van der Waals surface area (Å²) in [5.74, 6) is 1.97. The lowest BCUT2D eigenvalue weighted by Crippen LogP contribution is -2.35. The quantitative estimate of drug-likeness (QED) is 0.803. The van der Waals surface area contributed by atoms with Crippen LogP contribution in [0.1, 0.15) is 26.2 Å². The van der Waals surface area contributed by atoms with Crippen LogP contribution in [0, 0.1) is 0 Å². The minimum Gasteiger partial charge on any atom is -0.465 e. The topological polar surface area (TPSA) is 47.4 Å². The number of nitrogens with zero attached hydrogens (tertiary/aromatic N) is 3. The average Bonchev–Trinajstić information content (AvgIpc) is 3.16. The third kappa shape index (κ3) is 3.37. The summed E-state index contributed by atoms with van der Waals surface area (Å²) in [6.07, 6.45) is 4.05. The van der Waals surface area contributed by atoms with Crippen molar-refractivity contribution in [2.45, 2.75) is 12.6 Å². The summed E-state index contributed by atoms with van der Waals surface area (Å²) in [6, 6.07) is 4.26. The molecule has 2 aromatic heterocycles. The number of hydrogen-bond acceptors (Lipinski definition) is 6. The summed E-state index contributed by atoms with van der Waals surface area (Å²) in [4.78, 5) is 15.9. The van der Waals surface area contributed by atoms with Crippen LogP contribution < -0.4 is 0 Å². The van der Waals surface area contributed by atoms with E-state index in [0.29, 0.717) is 10.9 Å². The highest BCUT2D eigenvalue weighted by atomic mass is 32.2. The van der Waals surface area contributed by atoms with Crippen molar-refractivity contribution in [2.75, 3.05) is 25.2 Å². The zero-order valence-electron chi connectivity index (χ0n) is 12.7. The molecule has 0 bridgehead atoms. The molecular weight excluding hydrogens is 318 g/mol. The van der Waals surface area contributed by atoms with Crippen LogP contribution in [0.15, 0.2) is 24.5 Å². The number of thiophene rings is 1. The molecule has 0 radical (unpaired) electrons. The number of carbonyl (C=O) groups is 1. The lowest BCUT2D eigenvalue weighted by atomic mass is 10.1. The van der Waals surface area contributed by atoms with Gasteiger partial charge in [0.05, 0.1) is 13.3 Å². The van der Waals surface area contributed by atoms with Gasteiger partial charge in [-0.2, -0.15) is 16.9 Å². The summed E-state index contributed by atoms with van der Waals surface area (Å²) in [6.45, 7) is 1.91. The number of esters is 1. The molecule has 1 atom stereocenters. The van der Waals surface area contributed by atoms with Crippen LogP contribution in [0.4, 0.5) is 0 Å². The summed E-state index contributed by atoms with van der Waals surface area (Å²) < 4.78 is 6.63. The van der Waals surface area contributed by atoms with Crippen LogP contribution in [0.25, 0.3) is 0 Å². The minimum absolute atomic E-state index is 0.255. The standard InChI is InChI=1S/C15H19N3O2S2/c1-17-8-11(7-16-17)13-10-21-6-5-18(13)9-12-3-4-14(22-12)15(19)20-2/h3-4,7-8,13H,5-6,9-10H2,1-2H3/t13-/m0/s1. The second kappa shape index (κ2) is 6.85. The minimum atomic E-state index is -0.255. The maximum absolute atomic E-state index is 11.6. The van der Waals surface area contributed by atoms with Gasteiger partial charge < -0.3 is 4.74 Å². The summed E-state index contributed by atoms with van der Waals surface area (Å²) in [5, 5.41) is 4.29. The Labute approximate surface area is 138 Å². The predicted octanol–water partition coefficient (Wildman–Crippen LogP) is 2.56. The third-order valence-electron chi connectivity index (χ3n) is 3.76. The molecule has 0 spiro atoms. The Morgan fingerprint density at radius 1 is 1.50 bits per heavy atom. The summed E-state index contributed by atoms with van der Waals surface area (Å²) in [7, 11) is 3.37. The maximum atomic E-state index is 11.6. The molecule has 3 heterocycles. The largest absolute Gasteiger partial charge is 0.465 e. The summed E-state index contributed by atoms with van der Waals surface area (Å²) in [5.41, 5.74) is 1.26. The molecule has 3 rings (SSSR count). The fourth-order valence-corrected chi connectivity index (χ4v) is 4.73. The average molecular weight is 337 g/mol. The van der Waals surface area contributed by atoms with Crippen molar-refractivity contribution in [3.05, 3.63) is 39.8 Å². The van der Waals surface area contributed by atoms with Crippen molar-refractivity contribution in [2.24, 2.45) is 7.05 Å². The first kappa shape index (κ1) is 15.6. The van der Waals surface area contributed by atoms with E-state index in [-0.39, 0.29) is 5.97 Å². The first-order valence-corrected chi connectivity index (χ1v) is 9.12. The van der Waals surface area contributed by atoms with Crippen LogP contribution in [-0.2, 0) is 18.3 Å². The van der Waals surface area contributed by atoms with Crippen LogP contribution >= 0.6 is 23.1 Å². The van der Waals surface area contributed by atoms with Crippen molar-refractivity contribution in [3.63, 3.8) is 0 Å². The van der Waals surface area contributed by atoms with E-state index in [1.165, 1.54) is 28.9 Å². The van der Waals surface area contributed by atoms with E-state index in [2.05, 4.69) is 16.2 Å². The normalized spacial score (nSPS) is 19.3. The highest BCUT2D eigenvalue weighted by Gasteiger charge is 2.26. The Morgan fingerprint density at radius 2 is 2.36 bits per heavy atom. The van der Waals surface area contributed by atoms with Crippen molar-refractivity contribution in [1.29, 1.82) is 0 Å². The highest BCUT2D eigenvalue weighted by molar-refractivity contribution is 7.99. The Bertz CT molecular complexity index is 653. The van der Waals surface area contributed by atoms with Gasteiger partial charge in [-0.25, -0.2) is 4.79 Å². The zero-order chi connectivity index (χ0) is 15.5. The maximum Gasteiger partial charge on any atom is 0.348 e. The van der Waals surface area contributed by atoms with E-state index in [9.17, 15) is 4.79 Å². The van der Waals surface area contributed by atoms with Crippen LogP contribution in [0.5, 0.6) is 0 Å². The molecule has 0 aromatic carbocycles. The lowest BCUT2D eigenvalue weighted by Gasteiger charge is -2.34. The number of aromatic nitrogens is 2. The zero-order valence-corrected chi connectivity index (χ0v) is 14.3. The molecule has 2 aromatic rings. The van der Waals surface area contributed by atoms with Crippen molar-refractivity contribution in [1.82, 2.24) is 14.7 Å². The lowest BCUT2D eigenvalue weighted by molar-refractivity contribution is 0.0606. The van der Waals surface area contributed by atoms with E-state index in [1.807, 2.05) is 41.8 Å². The molecule has 1 aliphatic rings. The number of thioether (sulfide) groups is 1. The van der Waals surface area contributed by atoms with Gasteiger partial charge in [0.25, 0.3) is 0 Å². The van der Waals surface area contributed by atoms with E-state index in [4.69, 9.17) is 4.74 Å². The first-order chi connectivity index (χ1) is 10.7. The Balaban J connectivity index is 1.74. The molecule has 7 heteroatoms. The molecule has 0 N–H and O–H groups in total. The van der Waals surface area contributed by atoms with Crippen LogP contribution in [-0.4, -0.2) is 45.8 Å². The molecule has 118 valence electrons. The van der Waals surface area contributed by atoms with E-state index in [1.54, 1.807) is 0 Å². The molecule has 0 unspecified atom stereocenters. The fraction of sp³-hybridized carbons (Fsp3) is 0.467. The molecule has 22 heavy (non-hydrogen) atoms. The Kier molecular flexibility index (Phi) is 4.85. The van der Waals surface area contributed by atoms with Gasteiger partial charge in [0.2, 0.25) is 0 Å². The van der Waals surface area contributed by atoms with Crippen LogP contribution in [0.2, 0.25) is 0 Å². The molecular formula is C15H19N3O2S2. The van der Waals surface area contributed by atoms with Gasteiger partial charge in [-0.1, -0.05) is 0 Å². The molecule has 1 fully saturated rings. The number of aryl methyl sites for hydroxylation is 1.